The van der Waals surface area contributed by atoms with Gasteiger partial charge >= 0.3 is 0 Å². The third-order valence-electron chi connectivity index (χ3n) is 3.77. The van der Waals surface area contributed by atoms with E-state index in [1.54, 1.807) is 31.3 Å². The fourth-order valence-corrected chi connectivity index (χ4v) is 2.59. The average Bonchev–Trinajstić information content (AvgIpc) is 2.98. The summed E-state index contributed by atoms with van der Waals surface area (Å²) < 4.78 is 12.4. The van der Waals surface area contributed by atoms with Crippen LogP contribution in [-0.2, 0) is 6.54 Å². The van der Waals surface area contributed by atoms with Crippen molar-refractivity contribution in [3.63, 3.8) is 0 Å². The van der Waals surface area contributed by atoms with Crippen LogP contribution in [0.1, 0.15) is 17.0 Å². The zero-order valence-corrected chi connectivity index (χ0v) is 14.8. The van der Waals surface area contributed by atoms with Crippen molar-refractivity contribution in [2.75, 3.05) is 19.5 Å². The van der Waals surface area contributed by atoms with Gasteiger partial charge < -0.3 is 14.8 Å². The number of benzene rings is 1. The Morgan fingerprint density at radius 2 is 1.84 bits per heavy atom. The van der Waals surface area contributed by atoms with Gasteiger partial charge in [-0.05, 0) is 37.6 Å². The van der Waals surface area contributed by atoms with Crippen LogP contribution in [0.15, 0.2) is 36.7 Å². The Balaban J connectivity index is 1.76. The Morgan fingerprint density at radius 1 is 1.04 bits per heavy atom. The van der Waals surface area contributed by atoms with Crippen molar-refractivity contribution in [3.05, 3.63) is 53.6 Å². The first-order valence-corrected chi connectivity index (χ1v) is 7.91. The lowest BCUT2D eigenvalue weighted by atomic mass is 10.2. The molecule has 1 aromatic carbocycles. The SMILES string of the molecule is COc1ccc(CNc2cncc(-n3nc(C)cc3C)n2)cc1OC. The Morgan fingerprint density at radius 3 is 2.52 bits per heavy atom. The van der Waals surface area contributed by atoms with Gasteiger partial charge in [0.1, 0.15) is 5.82 Å². The first-order chi connectivity index (χ1) is 12.1. The first-order valence-electron chi connectivity index (χ1n) is 7.91. The van der Waals surface area contributed by atoms with Crippen LogP contribution in [0.25, 0.3) is 5.82 Å². The number of anilines is 1. The summed E-state index contributed by atoms with van der Waals surface area (Å²) in [7, 11) is 3.24. The molecule has 0 saturated carbocycles. The van der Waals surface area contributed by atoms with Crippen LogP contribution >= 0.6 is 0 Å². The van der Waals surface area contributed by atoms with E-state index < -0.39 is 0 Å². The van der Waals surface area contributed by atoms with E-state index in [4.69, 9.17) is 9.47 Å². The second-order valence-electron chi connectivity index (χ2n) is 5.64. The van der Waals surface area contributed by atoms with Gasteiger partial charge in [0.25, 0.3) is 0 Å². The van der Waals surface area contributed by atoms with E-state index in [-0.39, 0.29) is 0 Å². The molecule has 0 aliphatic heterocycles. The molecule has 1 N–H and O–H groups in total. The van der Waals surface area contributed by atoms with E-state index in [9.17, 15) is 0 Å². The lowest BCUT2D eigenvalue weighted by Gasteiger charge is -2.11. The highest BCUT2D eigenvalue weighted by atomic mass is 16.5. The predicted molar refractivity (Wildman–Crippen MR) is 95.5 cm³/mol. The first kappa shape index (κ1) is 16.8. The fraction of sp³-hybridized carbons (Fsp3) is 0.278. The maximum absolute atomic E-state index is 5.33. The third kappa shape index (κ3) is 3.71. The molecule has 3 aromatic rings. The number of nitrogens with zero attached hydrogens (tertiary/aromatic N) is 4. The van der Waals surface area contributed by atoms with Gasteiger partial charge in [-0.15, -0.1) is 0 Å². The van der Waals surface area contributed by atoms with Gasteiger partial charge in [0.15, 0.2) is 17.3 Å². The van der Waals surface area contributed by atoms with E-state index in [1.165, 1.54) is 0 Å². The summed E-state index contributed by atoms with van der Waals surface area (Å²) in [5, 5.41) is 7.71. The van der Waals surface area contributed by atoms with Crippen molar-refractivity contribution in [2.45, 2.75) is 20.4 Å². The minimum absolute atomic E-state index is 0.593. The van der Waals surface area contributed by atoms with E-state index in [1.807, 2.05) is 38.1 Å². The minimum atomic E-state index is 0.593. The van der Waals surface area contributed by atoms with E-state index in [0.29, 0.717) is 29.7 Å². The van der Waals surface area contributed by atoms with Gasteiger partial charge in [0.05, 0.1) is 32.3 Å². The second kappa shape index (κ2) is 7.21. The van der Waals surface area contributed by atoms with E-state index in [0.717, 1.165) is 17.0 Å². The van der Waals surface area contributed by atoms with Gasteiger partial charge in [-0.25, -0.2) is 9.67 Å². The molecule has 2 heterocycles. The summed E-state index contributed by atoms with van der Waals surface area (Å²) >= 11 is 0. The molecule has 0 radical (unpaired) electrons. The molecule has 0 aliphatic carbocycles. The van der Waals surface area contributed by atoms with Crippen molar-refractivity contribution in [2.24, 2.45) is 0 Å². The summed E-state index contributed by atoms with van der Waals surface area (Å²) in [5.74, 6) is 2.77. The summed E-state index contributed by atoms with van der Waals surface area (Å²) in [6.07, 6.45) is 3.39. The quantitative estimate of drug-likeness (QED) is 0.744. The van der Waals surface area contributed by atoms with Crippen molar-refractivity contribution in [1.29, 1.82) is 0 Å². The van der Waals surface area contributed by atoms with Crippen LogP contribution in [0.4, 0.5) is 5.82 Å². The lowest BCUT2D eigenvalue weighted by molar-refractivity contribution is 0.354. The maximum atomic E-state index is 5.33. The molecular formula is C18H21N5O2. The van der Waals surface area contributed by atoms with Gasteiger partial charge in [-0.3, -0.25) is 4.98 Å². The fourth-order valence-electron chi connectivity index (χ4n) is 2.59. The normalized spacial score (nSPS) is 10.6. The van der Waals surface area contributed by atoms with Gasteiger partial charge in [-0.2, -0.15) is 5.10 Å². The van der Waals surface area contributed by atoms with Crippen LogP contribution < -0.4 is 14.8 Å². The van der Waals surface area contributed by atoms with Crippen LogP contribution in [0.2, 0.25) is 0 Å². The van der Waals surface area contributed by atoms with Gasteiger partial charge in [0, 0.05) is 12.2 Å². The van der Waals surface area contributed by atoms with E-state index >= 15 is 0 Å². The summed E-state index contributed by atoms with van der Waals surface area (Å²) in [6, 6.07) is 7.80. The molecule has 7 nitrogen and oxygen atoms in total. The van der Waals surface area contributed by atoms with Crippen LogP contribution in [0.3, 0.4) is 0 Å². The van der Waals surface area contributed by atoms with Crippen molar-refractivity contribution in [1.82, 2.24) is 19.7 Å². The molecule has 0 atom stereocenters. The Labute approximate surface area is 146 Å². The number of nitrogens with one attached hydrogen (secondary N) is 1. The highest BCUT2D eigenvalue weighted by molar-refractivity contribution is 5.44. The molecule has 0 unspecified atom stereocenters. The molecule has 3 rings (SSSR count). The zero-order chi connectivity index (χ0) is 17.8. The predicted octanol–water partition coefficient (Wildman–Crippen LogP) is 2.91. The van der Waals surface area contributed by atoms with Crippen LogP contribution in [0.5, 0.6) is 11.5 Å². The second-order valence-corrected chi connectivity index (χ2v) is 5.64. The smallest absolute Gasteiger partial charge is 0.174 e. The lowest BCUT2D eigenvalue weighted by Crippen LogP contribution is -2.07. The summed E-state index contributed by atoms with van der Waals surface area (Å²) in [4.78, 5) is 8.83. The molecule has 7 heteroatoms. The number of rotatable bonds is 6. The number of aromatic nitrogens is 4. The molecule has 0 amide bonds. The average molecular weight is 339 g/mol. The number of aryl methyl sites for hydroxylation is 2. The van der Waals surface area contributed by atoms with Crippen molar-refractivity contribution >= 4 is 5.82 Å². The molecule has 0 spiro atoms. The minimum Gasteiger partial charge on any atom is -0.493 e. The molecular weight excluding hydrogens is 318 g/mol. The standard InChI is InChI=1S/C18H21N5O2/c1-12-7-13(2)23(22-12)18-11-19-10-17(21-18)20-9-14-5-6-15(24-3)16(8-14)25-4/h5-8,10-11H,9H2,1-4H3,(H,20,21). The highest BCUT2D eigenvalue weighted by Crippen LogP contribution is 2.27. The molecule has 0 saturated heterocycles. The molecule has 2 aromatic heterocycles. The number of hydrogen-bond donors (Lipinski definition) is 1. The summed E-state index contributed by atoms with van der Waals surface area (Å²) in [6.45, 7) is 4.54. The highest BCUT2D eigenvalue weighted by Gasteiger charge is 2.08. The number of ether oxygens (including phenoxy) is 2. The Kier molecular flexibility index (Phi) is 4.83. The van der Waals surface area contributed by atoms with Crippen molar-refractivity contribution < 1.29 is 9.47 Å². The molecule has 25 heavy (non-hydrogen) atoms. The van der Waals surface area contributed by atoms with Gasteiger partial charge in [0.2, 0.25) is 0 Å². The maximum Gasteiger partial charge on any atom is 0.174 e. The zero-order valence-electron chi connectivity index (χ0n) is 14.8. The summed E-state index contributed by atoms with van der Waals surface area (Å²) in [5.41, 5.74) is 3.02. The number of methoxy groups -OCH3 is 2. The topological polar surface area (TPSA) is 74.1 Å². The van der Waals surface area contributed by atoms with Crippen LogP contribution in [-0.4, -0.2) is 34.0 Å². The van der Waals surface area contributed by atoms with E-state index in [2.05, 4.69) is 20.4 Å². The third-order valence-corrected chi connectivity index (χ3v) is 3.77. The molecule has 0 fully saturated rings. The molecule has 130 valence electrons. The van der Waals surface area contributed by atoms with Gasteiger partial charge in [-0.1, -0.05) is 6.07 Å². The van der Waals surface area contributed by atoms with Crippen molar-refractivity contribution in [3.8, 4) is 17.3 Å². The largest absolute Gasteiger partial charge is 0.493 e. The Bertz CT molecular complexity index is 876. The monoisotopic (exact) mass is 339 g/mol. The Hall–Kier alpha value is -3.09. The van der Waals surface area contributed by atoms with Crippen LogP contribution in [0, 0.1) is 13.8 Å². The number of hydrogen-bond acceptors (Lipinski definition) is 6. The molecule has 0 aliphatic rings. The molecule has 0 bridgehead atoms.